The standard InChI is InChI=1S/C8H17NO3S.C5H11N.C3H6O3S/c1-9(5-2-3-6-9)7-4-8-13(10,11)12;1-6-4-2-3-5-6;4-7(5)3-1-2-6-7/h2-8H2,1H3;2-5H2,1H3;1-3H2. The van der Waals surface area contributed by atoms with Crippen molar-refractivity contribution in [2.24, 2.45) is 0 Å². The molecule has 0 saturated carbocycles. The maximum Gasteiger partial charge on any atom is 0.267 e. The van der Waals surface area contributed by atoms with Gasteiger partial charge in [0.25, 0.3) is 10.1 Å². The van der Waals surface area contributed by atoms with Crippen molar-refractivity contribution in [1.29, 1.82) is 0 Å². The Bertz CT molecular complexity index is 582. The van der Waals surface area contributed by atoms with Crippen LogP contribution in [-0.4, -0.2) is 95.7 Å². The van der Waals surface area contributed by atoms with Gasteiger partial charge in [0.05, 0.1) is 49.2 Å². The van der Waals surface area contributed by atoms with Crippen molar-refractivity contribution in [1.82, 2.24) is 4.90 Å². The molecule has 0 radical (unpaired) electrons. The summed E-state index contributed by atoms with van der Waals surface area (Å²) in [6.07, 6.45) is 6.43. The zero-order chi connectivity index (χ0) is 19.7. The third-order valence-electron chi connectivity index (χ3n) is 4.87. The minimum atomic E-state index is -4.00. The fraction of sp³-hybridized carbons (Fsp3) is 1.00. The summed E-state index contributed by atoms with van der Waals surface area (Å²) in [6.45, 7) is 6.08. The van der Waals surface area contributed by atoms with Gasteiger partial charge in [-0.2, -0.15) is 8.42 Å². The Balaban J connectivity index is 0.000000217. The van der Waals surface area contributed by atoms with E-state index in [4.69, 9.17) is 0 Å². The summed E-state index contributed by atoms with van der Waals surface area (Å²) in [5.41, 5.74) is 0. The largest absolute Gasteiger partial charge is 0.748 e. The fourth-order valence-corrected chi connectivity index (χ4v) is 4.74. The number of likely N-dealkylation sites (tertiary alicyclic amines) is 2. The lowest BCUT2D eigenvalue weighted by Gasteiger charge is -2.29. The molecule has 0 N–H and O–H groups in total. The van der Waals surface area contributed by atoms with Crippen LogP contribution in [0.1, 0.15) is 38.5 Å². The van der Waals surface area contributed by atoms with Crippen LogP contribution >= 0.6 is 0 Å². The average Bonchev–Trinajstić information content (AvgIpc) is 3.23. The van der Waals surface area contributed by atoms with E-state index in [0.717, 1.165) is 24.1 Å². The van der Waals surface area contributed by atoms with E-state index >= 15 is 0 Å². The van der Waals surface area contributed by atoms with E-state index in [0.29, 0.717) is 19.4 Å². The van der Waals surface area contributed by atoms with E-state index in [-0.39, 0.29) is 11.5 Å². The Morgan fingerprint density at radius 1 is 1.08 bits per heavy atom. The number of nitrogens with zero attached hydrogens (tertiary/aromatic N) is 2. The van der Waals surface area contributed by atoms with Crippen LogP contribution in [0.15, 0.2) is 0 Å². The van der Waals surface area contributed by atoms with Crippen LogP contribution in [-0.2, 0) is 24.4 Å². The predicted molar refractivity (Wildman–Crippen MR) is 100 cm³/mol. The third-order valence-corrected chi connectivity index (χ3v) is 6.97. The Labute approximate surface area is 159 Å². The van der Waals surface area contributed by atoms with Crippen molar-refractivity contribution >= 4 is 20.2 Å². The highest BCUT2D eigenvalue weighted by Crippen LogP contribution is 2.16. The highest BCUT2D eigenvalue weighted by atomic mass is 32.2. The SMILES string of the molecule is CN1CCCC1.C[N+]1(CCCS(=O)(=O)[O-])CCCC1.O=S1(=O)CCCO1. The van der Waals surface area contributed by atoms with Gasteiger partial charge in [-0.3, -0.25) is 4.18 Å². The molecule has 8 nitrogen and oxygen atoms in total. The van der Waals surface area contributed by atoms with Gasteiger partial charge in [-0.15, -0.1) is 0 Å². The topological polar surface area (TPSA) is 104 Å². The molecule has 0 aliphatic carbocycles. The molecule has 3 rings (SSSR count). The second-order valence-electron chi connectivity index (χ2n) is 7.56. The van der Waals surface area contributed by atoms with Gasteiger partial charge in [0.2, 0.25) is 0 Å². The fourth-order valence-electron chi connectivity index (χ4n) is 3.30. The van der Waals surface area contributed by atoms with Crippen LogP contribution < -0.4 is 0 Å². The van der Waals surface area contributed by atoms with Crippen LogP contribution in [0.3, 0.4) is 0 Å². The molecule has 26 heavy (non-hydrogen) atoms. The molecule has 3 aliphatic rings. The predicted octanol–water partition coefficient (Wildman–Crippen LogP) is 0.611. The minimum Gasteiger partial charge on any atom is -0.748 e. The molecule has 0 unspecified atom stereocenters. The van der Waals surface area contributed by atoms with E-state index in [1.165, 1.54) is 38.8 Å². The van der Waals surface area contributed by atoms with Gasteiger partial charge in [0.1, 0.15) is 0 Å². The van der Waals surface area contributed by atoms with Crippen LogP contribution in [0.2, 0.25) is 0 Å². The van der Waals surface area contributed by atoms with Gasteiger partial charge in [-0.05, 0) is 39.4 Å². The lowest BCUT2D eigenvalue weighted by molar-refractivity contribution is -0.897. The molecule has 3 heterocycles. The maximum atomic E-state index is 10.3. The van der Waals surface area contributed by atoms with Gasteiger partial charge >= 0.3 is 0 Å². The molecule has 3 aliphatic heterocycles. The van der Waals surface area contributed by atoms with Crippen molar-refractivity contribution in [2.45, 2.75) is 38.5 Å². The Morgan fingerprint density at radius 3 is 1.96 bits per heavy atom. The highest BCUT2D eigenvalue weighted by molar-refractivity contribution is 7.86. The molecule has 0 spiro atoms. The van der Waals surface area contributed by atoms with Crippen LogP contribution in [0.25, 0.3) is 0 Å². The molecule has 0 aromatic carbocycles. The average molecular weight is 415 g/mol. The molecule has 0 bridgehead atoms. The van der Waals surface area contributed by atoms with Crippen molar-refractivity contribution in [3.05, 3.63) is 0 Å². The molecule has 0 aromatic heterocycles. The monoisotopic (exact) mass is 414 g/mol. The summed E-state index contributed by atoms with van der Waals surface area (Å²) in [6, 6.07) is 0. The van der Waals surface area contributed by atoms with E-state index in [1.807, 2.05) is 0 Å². The molecule has 156 valence electrons. The summed E-state index contributed by atoms with van der Waals surface area (Å²) in [5.74, 6) is -0.00611. The van der Waals surface area contributed by atoms with Crippen LogP contribution in [0.5, 0.6) is 0 Å². The first kappa shape index (κ1) is 23.8. The van der Waals surface area contributed by atoms with Crippen LogP contribution in [0, 0.1) is 0 Å². The molecular formula is C16H34N2O6S2. The van der Waals surface area contributed by atoms with E-state index in [2.05, 4.69) is 23.2 Å². The lowest BCUT2D eigenvalue weighted by atomic mass is 10.4. The van der Waals surface area contributed by atoms with Gasteiger partial charge in [-0.1, -0.05) is 0 Å². The minimum absolute atomic E-state index is 0.201. The van der Waals surface area contributed by atoms with E-state index in [1.54, 1.807) is 0 Å². The maximum absolute atomic E-state index is 10.3. The first-order valence-electron chi connectivity index (χ1n) is 9.34. The summed E-state index contributed by atoms with van der Waals surface area (Å²) < 4.78 is 56.7. The normalized spacial score (nSPS) is 24.4. The Hall–Kier alpha value is -0.260. The van der Waals surface area contributed by atoms with Crippen molar-refractivity contribution in [3.8, 4) is 0 Å². The first-order chi connectivity index (χ1) is 12.0. The van der Waals surface area contributed by atoms with Crippen LogP contribution in [0.4, 0.5) is 0 Å². The molecule has 0 amide bonds. The summed E-state index contributed by atoms with van der Waals surface area (Å²) in [5, 5.41) is 0. The molecule has 3 saturated heterocycles. The second-order valence-corrected chi connectivity index (χ2v) is 10.8. The summed E-state index contributed by atoms with van der Waals surface area (Å²) in [4.78, 5) is 2.36. The number of quaternary nitrogens is 1. The van der Waals surface area contributed by atoms with Crippen molar-refractivity contribution in [3.63, 3.8) is 0 Å². The molecular weight excluding hydrogens is 380 g/mol. The third kappa shape index (κ3) is 11.5. The number of rotatable bonds is 4. The first-order valence-corrected chi connectivity index (χ1v) is 12.5. The highest BCUT2D eigenvalue weighted by Gasteiger charge is 2.25. The van der Waals surface area contributed by atoms with Crippen molar-refractivity contribution < 1.29 is 30.1 Å². The molecule has 0 aromatic rings. The van der Waals surface area contributed by atoms with Crippen molar-refractivity contribution in [2.75, 3.05) is 64.9 Å². The van der Waals surface area contributed by atoms with E-state index < -0.39 is 20.2 Å². The molecule has 3 fully saturated rings. The zero-order valence-corrected chi connectivity index (χ0v) is 17.7. The molecule has 0 atom stereocenters. The summed E-state index contributed by atoms with van der Waals surface area (Å²) in [7, 11) is -2.75. The smallest absolute Gasteiger partial charge is 0.267 e. The van der Waals surface area contributed by atoms with Gasteiger partial charge < -0.3 is 13.9 Å². The second kappa shape index (κ2) is 10.9. The quantitative estimate of drug-likeness (QED) is 0.377. The van der Waals surface area contributed by atoms with Gasteiger partial charge in [0.15, 0.2) is 0 Å². The number of hydrogen-bond donors (Lipinski definition) is 0. The summed E-state index contributed by atoms with van der Waals surface area (Å²) >= 11 is 0. The Morgan fingerprint density at radius 2 is 1.65 bits per heavy atom. The van der Waals surface area contributed by atoms with Gasteiger partial charge in [0, 0.05) is 25.0 Å². The Kier molecular flexibility index (Phi) is 9.98. The van der Waals surface area contributed by atoms with E-state index in [9.17, 15) is 21.4 Å². The van der Waals surface area contributed by atoms with Gasteiger partial charge in [-0.25, -0.2) is 8.42 Å². The molecule has 10 heteroatoms. The lowest BCUT2D eigenvalue weighted by Crippen LogP contribution is -2.42. The zero-order valence-electron chi connectivity index (χ0n) is 16.1. The number of hydrogen-bond acceptors (Lipinski definition) is 7.